The van der Waals surface area contributed by atoms with Crippen molar-refractivity contribution in [2.45, 2.75) is 40.5 Å². The zero-order chi connectivity index (χ0) is 11.7. The first-order valence-electron chi connectivity index (χ1n) is 6.69. The van der Waals surface area contributed by atoms with Gasteiger partial charge in [0.2, 0.25) is 0 Å². The first-order chi connectivity index (χ1) is 7.47. The van der Waals surface area contributed by atoms with E-state index in [1.807, 2.05) is 6.08 Å². The Morgan fingerprint density at radius 2 is 2.06 bits per heavy atom. The normalized spacial score (nSPS) is 50.1. The molecule has 2 saturated carbocycles. The first-order valence-corrected chi connectivity index (χ1v) is 6.69. The summed E-state index contributed by atoms with van der Waals surface area (Å²) in [6.07, 6.45) is 4.53. The van der Waals surface area contributed by atoms with E-state index in [0.29, 0.717) is 23.0 Å². The highest BCUT2D eigenvalue weighted by Gasteiger charge is 2.68. The van der Waals surface area contributed by atoms with Gasteiger partial charge in [0.25, 0.3) is 0 Å². The summed E-state index contributed by atoms with van der Waals surface area (Å²) in [5.41, 5.74) is 1.69. The van der Waals surface area contributed by atoms with Crippen LogP contribution in [0, 0.1) is 35.0 Å². The van der Waals surface area contributed by atoms with Crippen molar-refractivity contribution in [1.29, 1.82) is 0 Å². The third kappa shape index (κ3) is 1.00. The van der Waals surface area contributed by atoms with E-state index >= 15 is 0 Å². The van der Waals surface area contributed by atoms with Crippen LogP contribution in [0.3, 0.4) is 0 Å². The van der Waals surface area contributed by atoms with E-state index < -0.39 is 0 Å². The number of allylic oxidation sites excluding steroid dienone is 2. The molecule has 1 nitrogen and oxygen atoms in total. The second kappa shape index (κ2) is 3.00. The van der Waals surface area contributed by atoms with E-state index in [1.54, 1.807) is 0 Å². The Kier molecular flexibility index (Phi) is 1.98. The Balaban J connectivity index is 2.02. The van der Waals surface area contributed by atoms with Gasteiger partial charge in [0.15, 0.2) is 5.78 Å². The number of fused-ring (bicyclic) bond motifs is 1. The van der Waals surface area contributed by atoms with Gasteiger partial charge in [-0.1, -0.05) is 26.3 Å². The Morgan fingerprint density at radius 1 is 1.38 bits per heavy atom. The van der Waals surface area contributed by atoms with Gasteiger partial charge in [0.1, 0.15) is 0 Å². The van der Waals surface area contributed by atoms with Crippen molar-refractivity contribution < 1.29 is 4.79 Å². The molecule has 16 heavy (non-hydrogen) atoms. The lowest BCUT2D eigenvalue weighted by Gasteiger charge is -2.69. The lowest BCUT2D eigenvalue weighted by atomic mass is 9.34. The van der Waals surface area contributed by atoms with E-state index in [0.717, 1.165) is 17.8 Å². The molecule has 0 spiro atoms. The summed E-state index contributed by atoms with van der Waals surface area (Å²) in [4.78, 5) is 12.2. The second-order valence-electron chi connectivity index (χ2n) is 6.78. The van der Waals surface area contributed by atoms with Crippen molar-refractivity contribution in [2.75, 3.05) is 0 Å². The molecule has 0 N–H and O–H groups in total. The summed E-state index contributed by atoms with van der Waals surface area (Å²) in [5, 5.41) is 0. The maximum absolute atomic E-state index is 12.2. The van der Waals surface area contributed by atoms with Gasteiger partial charge in [-0.05, 0) is 54.9 Å². The van der Waals surface area contributed by atoms with Gasteiger partial charge in [-0.25, -0.2) is 0 Å². The van der Waals surface area contributed by atoms with Crippen molar-refractivity contribution in [3.63, 3.8) is 0 Å². The highest BCUT2D eigenvalue weighted by molar-refractivity contribution is 5.96. The Bertz CT molecular complexity index is 379. The highest BCUT2D eigenvalue weighted by atomic mass is 16.1. The molecule has 0 aromatic heterocycles. The van der Waals surface area contributed by atoms with E-state index in [-0.39, 0.29) is 0 Å². The molecule has 4 unspecified atom stereocenters. The smallest absolute Gasteiger partial charge is 0.159 e. The van der Waals surface area contributed by atoms with E-state index in [9.17, 15) is 4.79 Å². The molecule has 0 amide bonds. The number of hydrogen-bond donors (Lipinski definition) is 0. The van der Waals surface area contributed by atoms with Crippen LogP contribution in [-0.4, -0.2) is 5.78 Å². The second-order valence-corrected chi connectivity index (χ2v) is 6.78. The van der Waals surface area contributed by atoms with Crippen LogP contribution >= 0.6 is 0 Å². The molecule has 4 aliphatic carbocycles. The van der Waals surface area contributed by atoms with Crippen molar-refractivity contribution in [2.24, 2.45) is 35.0 Å². The van der Waals surface area contributed by atoms with E-state index in [4.69, 9.17) is 0 Å². The Hall–Kier alpha value is -0.590. The minimum Gasteiger partial charge on any atom is -0.295 e. The quantitative estimate of drug-likeness (QED) is 0.659. The summed E-state index contributed by atoms with van der Waals surface area (Å²) in [6, 6.07) is 0. The SMILES string of the molecule is CC1=CC(=O)C2C3C1C2(C)CC[C@@H]3C(C)C. The maximum atomic E-state index is 12.2. The number of ketones is 1. The highest BCUT2D eigenvalue weighted by Crippen LogP contribution is 2.70. The maximum Gasteiger partial charge on any atom is 0.159 e. The molecular weight excluding hydrogens is 196 g/mol. The van der Waals surface area contributed by atoms with Crippen LogP contribution in [0.4, 0.5) is 0 Å². The molecule has 4 rings (SSSR count). The molecular formula is C15H22O. The van der Waals surface area contributed by atoms with Crippen molar-refractivity contribution in [1.82, 2.24) is 0 Å². The molecule has 0 radical (unpaired) electrons. The van der Waals surface area contributed by atoms with Crippen LogP contribution < -0.4 is 0 Å². The van der Waals surface area contributed by atoms with Crippen LogP contribution in [0.25, 0.3) is 0 Å². The van der Waals surface area contributed by atoms with Crippen LogP contribution in [0.1, 0.15) is 40.5 Å². The third-order valence-corrected chi connectivity index (χ3v) is 5.72. The van der Waals surface area contributed by atoms with Crippen molar-refractivity contribution in [3.05, 3.63) is 11.6 Å². The van der Waals surface area contributed by atoms with Crippen molar-refractivity contribution >= 4 is 5.78 Å². The molecule has 5 atom stereocenters. The van der Waals surface area contributed by atoms with Gasteiger partial charge in [0, 0.05) is 5.92 Å². The lowest BCUT2D eigenvalue weighted by molar-refractivity contribution is -0.186. The molecule has 0 aromatic carbocycles. The summed E-state index contributed by atoms with van der Waals surface area (Å²) in [6.45, 7) is 9.17. The first kappa shape index (κ1) is 10.6. The predicted molar refractivity (Wildman–Crippen MR) is 64.9 cm³/mol. The van der Waals surface area contributed by atoms with Crippen LogP contribution in [-0.2, 0) is 4.79 Å². The Morgan fingerprint density at radius 3 is 2.62 bits per heavy atom. The molecule has 4 aliphatic rings. The van der Waals surface area contributed by atoms with Crippen LogP contribution in [0.2, 0.25) is 0 Å². The van der Waals surface area contributed by atoms with Gasteiger partial charge in [-0.3, -0.25) is 4.79 Å². The number of rotatable bonds is 1. The molecule has 0 heterocycles. The molecule has 2 fully saturated rings. The summed E-state index contributed by atoms with van der Waals surface area (Å²) >= 11 is 0. The largest absolute Gasteiger partial charge is 0.295 e. The van der Waals surface area contributed by atoms with Gasteiger partial charge < -0.3 is 0 Å². The monoisotopic (exact) mass is 218 g/mol. The molecule has 0 aromatic rings. The van der Waals surface area contributed by atoms with Crippen molar-refractivity contribution in [3.8, 4) is 0 Å². The summed E-state index contributed by atoms with van der Waals surface area (Å²) < 4.78 is 0. The van der Waals surface area contributed by atoms with Gasteiger partial charge in [-0.15, -0.1) is 0 Å². The number of hydrogen-bond acceptors (Lipinski definition) is 1. The predicted octanol–water partition coefficient (Wildman–Crippen LogP) is 3.45. The van der Waals surface area contributed by atoms with Gasteiger partial charge >= 0.3 is 0 Å². The summed E-state index contributed by atoms with van der Waals surface area (Å²) in [7, 11) is 0. The molecule has 1 heteroatoms. The van der Waals surface area contributed by atoms with E-state index in [1.165, 1.54) is 18.4 Å². The van der Waals surface area contributed by atoms with Crippen LogP contribution in [0.15, 0.2) is 11.6 Å². The molecule has 0 aliphatic heterocycles. The lowest BCUT2D eigenvalue weighted by Crippen LogP contribution is -2.66. The zero-order valence-corrected chi connectivity index (χ0v) is 10.8. The standard InChI is InChI=1S/C15H22O/c1-8(2)10-5-6-15(4)13-9(3)7-11(16)14(15)12(10)13/h7-8,10,12-14H,5-6H2,1-4H3/t10-,12?,13?,14?,15?/m1/s1. The Labute approximate surface area is 98.3 Å². The minimum atomic E-state index is 0.325. The average molecular weight is 218 g/mol. The molecule has 0 saturated heterocycles. The number of carbonyl (C=O) groups is 1. The topological polar surface area (TPSA) is 17.1 Å². The fourth-order valence-electron chi connectivity index (χ4n) is 5.14. The zero-order valence-electron chi connectivity index (χ0n) is 10.8. The molecule has 88 valence electrons. The fraction of sp³-hybridized carbons (Fsp3) is 0.800. The summed E-state index contributed by atoms with van der Waals surface area (Å²) in [5.74, 6) is 3.70. The minimum absolute atomic E-state index is 0.325. The van der Waals surface area contributed by atoms with Gasteiger partial charge in [0.05, 0.1) is 0 Å². The molecule has 4 bridgehead atoms. The average Bonchev–Trinajstić information content (AvgIpc) is 2.15. The fourth-order valence-corrected chi connectivity index (χ4v) is 5.14. The number of carbonyl (C=O) groups excluding carboxylic acids is 1. The van der Waals surface area contributed by atoms with Crippen LogP contribution in [0.5, 0.6) is 0 Å². The van der Waals surface area contributed by atoms with Gasteiger partial charge in [-0.2, -0.15) is 0 Å². The third-order valence-electron chi connectivity index (χ3n) is 5.72. The van der Waals surface area contributed by atoms with E-state index in [2.05, 4.69) is 27.7 Å².